The number of aliphatic hydroxyl groups is 1. The molecule has 0 aliphatic heterocycles. The lowest BCUT2D eigenvalue weighted by molar-refractivity contribution is 0.197. The van der Waals surface area contributed by atoms with Crippen LogP contribution in [0.1, 0.15) is 12.5 Å². The second-order valence-corrected chi connectivity index (χ2v) is 5.07. The monoisotopic (exact) mass is 241 g/mol. The van der Waals surface area contributed by atoms with Gasteiger partial charge in [0, 0.05) is 35.0 Å². The van der Waals surface area contributed by atoms with E-state index < -0.39 is 10.8 Å². The normalized spacial score (nSPS) is 13.0. The van der Waals surface area contributed by atoms with Gasteiger partial charge in [-0.1, -0.05) is 19.1 Å². The first-order valence-corrected chi connectivity index (χ1v) is 6.98. The van der Waals surface area contributed by atoms with Gasteiger partial charge in [-0.3, -0.25) is 9.11 Å². The van der Waals surface area contributed by atoms with Crippen molar-refractivity contribution in [2.45, 2.75) is 18.4 Å². The first kappa shape index (κ1) is 13.4. The van der Waals surface area contributed by atoms with E-state index in [1.807, 2.05) is 24.3 Å². The minimum Gasteiger partial charge on any atom is -0.395 e. The molecule has 1 N–H and O–H groups in total. The van der Waals surface area contributed by atoms with Crippen LogP contribution in [0.4, 0.5) is 0 Å². The van der Waals surface area contributed by atoms with Crippen molar-refractivity contribution in [2.24, 2.45) is 0 Å². The molecule has 0 bridgehead atoms. The van der Waals surface area contributed by atoms with E-state index in [1.165, 1.54) is 5.56 Å². The molecule has 16 heavy (non-hydrogen) atoms. The van der Waals surface area contributed by atoms with Crippen LogP contribution in [0.15, 0.2) is 29.2 Å². The molecule has 1 atom stereocenters. The molecule has 90 valence electrons. The maximum absolute atomic E-state index is 11.2. The number of nitrogens with zero attached hydrogens (tertiary/aromatic N) is 1. The Balaban J connectivity index is 2.63. The molecular formula is C12H19NO2S. The van der Waals surface area contributed by atoms with E-state index in [0.717, 1.165) is 18.0 Å². The summed E-state index contributed by atoms with van der Waals surface area (Å²) in [5.41, 5.74) is 1.18. The zero-order valence-electron chi connectivity index (χ0n) is 9.85. The molecule has 1 unspecified atom stereocenters. The highest BCUT2D eigenvalue weighted by Gasteiger charge is 2.03. The summed E-state index contributed by atoms with van der Waals surface area (Å²) in [4.78, 5) is 3.02. The summed E-state index contributed by atoms with van der Waals surface area (Å²) in [6.07, 6.45) is 1.68. The van der Waals surface area contributed by atoms with Crippen molar-refractivity contribution < 1.29 is 9.32 Å². The maximum atomic E-state index is 11.2. The number of hydrogen-bond donors (Lipinski definition) is 1. The highest BCUT2D eigenvalue weighted by atomic mass is 32.2. The zero-order valence-corrected chi connectivity index (χ0v) is 10.7. The molecule has 0 spiro atoms. The molecule has 0 heterocycles. The van der Waals surface area contributed by atoms with Crippen LogP contribution in [0.5, 0.6) is 0 Å². The van der Waals surface area contributed by atoms with Crippen LogP contribution in [-0.4, -0.2) is 40.2 Å². The average Bonchev–Trinajstić information content (AvgIpc) is 2.29. The standard InChI is InChI=1S/C12H19NO2S/c1-3-13(8-9-14)10-11-4-6-12(7-5-11)16(2)15/h4-7,14H,3,8-10H2,1-2H3. The Labute approximate surface area is 99.5 Å². The van der Waals surface area contributed by atoms with Crippen LogP contribution in [0.3, 0.4) is 0 Å². The lowest BCUT2D eigenvalue weighted by Crippen LogP contribution is -2.26. The third kappa shape index (κ3) is 4.04. The van der Waals surface area contributed by atoms with Gasteiger partial charge in [-0.05, 0) is 24.2 Å². The van der Waals surface area contributed by atoms with E-state index in [4.69, 9.17) is 5.11 Å². The number of hydrogen-bond acceptors (Lipinski definition) is 3. The molecule has 0 amide bonds. The van der Waals surface area contributed by atoms with Crippen LogP contribution in [0.25, 0.3) is 0 Å². The van der Waals surface area contributed by atoms with Crippen molar-refractivity contribution in [2.75, 3.05) is 26.0 Å². The molecule has 0 saturated heterocycles. The average molecular weight is 241 g/mol. The minimum atomic E-state index is -0.909. The van der Waals surface area contributed by atoms with Gasteiger partial charge in [0.25, 0.3) is 0 Å². The van der Waals surface area contributed by atoms with Crippen molar-refractivity contribution in [3.63, 3.8) is 0 Å². The molecular weight excluding hydrogens is 222 g/mol. The molecule has 0 aliphatic rings. The highest BCUT2D eigenvalue weighted by molar-refractivity contribution is 7.84. The van der Waals surface area contributed by atoms with Crippen LogP contribution >= 0.6 is 0 Å². The van der Waals surface area contributed by atoms with Gasteiger partial charge in [-0.15, -0.1) is 0 Å². The van der Waals surface area contributed by atoms with Gasteiger partial charge in [-0.2, -0.15) is 0 Å². The number of benzene rings is 1. The number of likely N-dealkylation sites (N-methyl/N-ethyl adjacent to an activating group) is 1. The fraction of sp³-hybridized carbons (Fsp3) is 0.500. The van der Waals surface area contributed by atoms with E-state index in [1.54, 1.807) is 6.26 Å². The molecule has 4 heteroatoms. The fourth-order valence-corrected chi connectivity index (χ4v) is 2.05. The predicted octanol–water partition coefficient (Wildman–Crippen LogP) is 1.24. The Hall–Kier alpha value is -0.710. The van der Waals surface area contributed by atoms with Gasteiger partial charge in [0.2, 0.25) is 0 Å². The zero-order chi connectivity index (χ0) is 12.0. The summed E-state index contributed by atoms with van der Waals surface area (Å²) in [7, 11) is -0.909. The highest BCUT2D eigenvalue weighted by Crippen LogP contribution is 2.09. The van der Waals surface area contributed by atoms with Crippen molar-refractivity contribution in [3.8, 4) is 0 Å². The van der Waals surface area contributed by atoms with Gasteiger partial charge in [0.15, 0.2) is 0 Å². The van der Waals surface area contributed by atoms with Crippen LogP contribution in [-0.2, 0) is 17.3 Å². The van der Waals surface area contributed by atoms with Crippen molar-refractivity contribution in [1.82, 2.24) is 4.90 Å². The Morgan fingerprint density at radius 1 is 1.31 bits per heavy atom. The van der Waals surface area contributed by atoms with Crippen molar-refractivity contribution >= 4 is 10.8 Å². The van der Waals surface area contributed by atoms with Crippen molar-refractivity contribution in [3.05, 3.63) is 29.8 Å². The first-order chi connectivity index (χ1) is 7.67. The van der Waals surface area contributed by atoms with Crippen LogP contribution in [0.2, 0.25) is 0 Å². The largest absolute Gasteiger partial charge is 0.395 e. The topological polar surface area (TPSA) is 40.5 Å². The summed E-state index contributed by atoms with van der Waals surface area (Å²) in [6, 6.07) is 7.80. The molecule has 0 aromatic heterocycles. The molecule has 0 radical (unpaired) electrons. The molecule has 0 saturated carbocycles. The summed E-state index contributed by atoms with van der Waals surface area (Å²) < 4.78 is 11.2. The maximum Gasteiger partial charge on any atom is 0.0558 e. The lowest BCUT2D eigenvalue weighted by atomic mass is 10.2. The predicted molar refractivity (Wildman–Crippen MR) is 66.8 cm³/mol. The Morgan fingerprint density at radius 2 is 1.94 bits per heavy atom. The van der Waals surface area contributed by atoms with E-state index in [0.29, 0.717) is 6.54 Å². The van der Waals surface area contributed by atoms with E-state index >= 15 is 0 Å². The fourth-order valence-electron chi connectivity index (χ4n) is 1.54. The quantitative estimate of drug-likeness (QED) is 0.814. The molecule has 1 aromatic rings. The molecule has 1 rings (SSSR count). The molecule has 3 nitrogen and oxygen atoms in total. The van der Waals surface area contributed by atoms with Crippen LogP contribution in [0, 0.1) is 0 Å². The number of rotatable bonds is 6. The molecule has 1 aromatic carbocycles. The second-order valence-electron chi connectivity index (χ2n) is 3.69. The number of aliphatic hydroxyl groups excluding tert-OH is 1. The Morgan fingerprint density at radius 3 is 2.38 bits per heavy atom. The molecule has 0 fully saturated rings. The smallest absolute Gasteiger partial charge is 0.0558 e. The Bertz CT molecular complexity index is 337. The van der Waals surface area contributed by atoms with E-state index in [9.17, 15) is 4.21 Å². The third-order valence-electron chi connectivity index (χ3n) is 2.52. The summed E-state index contributed by atoms with van der Waals surface area (Å²) in [5, 5.41) is 8.88. The van der Waals surface area contributed by atoms with E-state index in [-0.39, 0.29) is 6.61 Å². The lowest BCUT2D eigenvalue weighted by Gasteiger charge is -2.19. The summed E-state index contributed by atoms with van der Waals surface area (Å²) >= 11 is 0. The van der Waals surface area contributed by atoms with Crippen LogP contribution < -0.4 is 0 Å². The minimum absolute atomic E-state index is 0.185. The summed E-state index contributed by atoms with van der Waals surface area (Å²) in [5.74, 6) is 0. The van der Waals surface area contributed by atoms with Gasteiger partial charge >= 0.3 is 0 Å². The Kier molecular flexibility index (Phi) is 5.66. The summed E-state index contributed by atoms with van der Waals surface area (Å²) in [6.45, 7) is 4.70. The third-order valence-corrected chi connectivity index (χ3v) is 3.46. The van der Waals surface area contributed by atoms with Gasteiger partial charge < -0.3 is 5.11 Å². The molecule has 0 aliphatic carbocycles. The van der Waals surface area contributed by atoms with E-state index in [2.05, 4.69) is 11.8 Å². The van der Waals surface area contributed by atoms with Gasteiger partial charge in [0.05, 0.1) is 6.61 Å². The van der Waals surface area contributed by atoms with Gasteiger partial charge in [-0.25, -0.2) is 0 Å². The first-order valence-electron chi connectivity index (χ1n) is 5.43. The van der Waals surface area contributed by atoms with Gasteiger partial charge in [0.1, 0.15) is 0 Å². The second kappa shape index (κ2) is 6.78. The SMILES string of the molecule is CCN(CCO)Cc1ccc(S(C)=O)cc1. The van der Waals surface area contributed by atoms with Crippen molar-refractivity contribution in [1.29, 1.82) is 0 Å².